The smallest absolute Gasteiger partial charge is 0.404 e. The highest BCUT2D eigenvalue weighted by Crippen LogP contribution is 2.37. The summed E-state index contributed by atoms with van der Waals surface area (Å²) in [5, 5.41) is 11.9. The summed E-state index contributed by atoms with van der Waals surface area (Å²) in [5.74, 6) is 0.267. The molecule has 2 heterocycles. The quantitative estimate of drug-likeness (QED) is 0.413. The molecular weight excluding hydrogens is 392 g/mol. The van der Waals surface area contributed by atoms with Gasteiger partial charge in [0.1, 0.15) is 6.29 Å². The SMILES string of the molecule is C[Si]OC(O[Si]C)C(C)(C)CC1CC(NC(=O)O)CN(c2ccncc2N)C1. The van der Waals surface area contributed by atoms with Crippen molar-refractivity contribution in [3.05, 3.63) is 18.5 Å². The lowest BCUT2D eigenvalue weighted by atomic mass is 9.78. The van der Waals surface area contributed by atoms with E-state index in [1.807, 2.05) is 19.2 Å². The Hall–Kier alpha value is -1.63. The molecule has 0 aliphatic carbocycles. The summed E-state index contributed by atoms with van der Waals surface area (Å²) in [6.07, 6.45) is 3.69. The fraction of sp³-hybridized carbons (Fsp3) is 0.667. The summed E-state index contributed by atoms with van der Waals surface area (Å²) in [4.78, 5) is 17.5. The van der Waals surface area contributed by atoms with Crippen LogP contribution >= 0.6 is 0 Å². The summed E-state index contributed by atoms with van der Waals surface area (Å²) >= 11 is 0. The van der Waals surface area contributed by atoms with Gasteiger partial charge in [-0.15, -0.1) is 0 Å². The van der Waals surface area contributed by atoms with Crippen LogP contribution in [0.15, 0.2) is 18.5 Å². The molecule has 1 aromatic rings. The standard InChI is InChI=1S/C18H30N4O4Si2/c1-18(2,16(25-27-3)26-28-4)8-12-7-13(21-17(23)24)11-22(10-12)15-5-6-20-9-14(15)19/h5-6,9,12-13,16,21H,7-8,10-11,19H2,1-4H3,(H,23,24). The van der Waals surface area contributed by atoms with E-state index < -0.39 is 6.09 Å². The van der Waals surface area contributed by atoms with Gasteiger partial charge in [0.15, 0.2) is 0 Å². The Balaban J connectivity index is 2.19. The second-order valence-corrected chi connectivity index (χ2v) is 9.04. The average molecular weight is 423 g/mol. The molecule has 2 unspecified atom stereocenters. The molecule has 4 radical (unpaired) electrons. The van der Waals surface area contributed by atoms with Crippen molar-refractivity contribution < 1.29 is 18.8 Å². The number of aromatic nitrogens is 1. The highest BCUT2D eigenvalue weighted by Gasteiger charge is 2.37. The number of nitrogen functional groups attached to an aromatic ring is 1. The molecule has 1 amide bonds. The van der Waals surface area contributed by atoms with Crippen LogP contribution in [0.4, 0.5) is 16.2 Å². The van der Waals surface area contributed by atoms with Crippen LogP contribution in [0.2, 0.25) is 13.1 Å². The van der Waals surface area contributed by atoms with Crippen molar-refractivity contribution in [2.75, 3.05) is 23.7 Å². The van der Waals surface area contributed by atoms with Crippen LogP contribution in [0.1, 0.15) is 26.7 Å². The predicted octanol–water partition coefficient (Wildman–Crippen LogP) is 2.24. The highest BCUT2D eigenvalue weighted by molar-refractivity contribution is 6.26. The predicted molar refractivity (Wildman–Crippen MR) is 112 cm³/mol. The zero-order chi connectivity index (χ0) is 20.7. The van der Waals surface area contributed by atoms with E-state index in [0.717, 1.165) is 25.1 Å². The molecule has 1 aromatic heterocycles. The number of carboxylic acid groups (broad SMARTS) is 1. The Morgan fingerprint density at radius 3 is 2.68 bits per heavy atom. The number of nitrogens with one attached hydrogen (secondary N) is 1. The van der Waals surface area contributed by atoms with Gasteiger partial charge in [-0.1, -0.05) is 13.8 Å². The molecule has 28 heavy (non-hydrogen) atoms. The first kappa shape index (κ1) is 22.7. The monoisotopic (exact) mass is 422 g/mol. The van der Waals surface area contributed by atoms with E-state index in [1.54, 1.807) is 12.4 Å². The zero-order valence-electron chi connectivity index (χ0n) is 16.9. The van der Waals surface area contributed by atoms with Crippen molar-refractivity contribution in [1.29, 1.82) is 0 Å². The number of carbonyl (C=O) groups is 1. The lowest BCUT2D eigenvalue weighted by molar-refractivity contribution is -0.0886. The minimum Gasteiger partial charge on any atom is -0.465 e. The number of piperidine rings is 1. The molecule has 154 valence electrons. The summed E-state index contributed by atoms with van der Waals surface area (Å²) in [7, 11) is 0.703. The van der Waals surface area contributed by atoms with Crippen LogP contribution < -0.4 is 16.0 Å². The van der Waals surface area contributed by atoms with Gasteiger partial charge in [0.25, 0.3) is 0 Å². The second kappa shape index (κ2) is 10.2. The van der Waals surface area contributed by atoms with E-state index in [1.165, 1.54) is 0 Å². The Morgan fingerprint density at radius 2 is 2.11 bits per heavy atom. The van der Waals surface area contributed by atoms with E-state index in [0.29, 0.717) is 31.8 Å². The number of rotatable bonds is 9. The normalized spacial score (nSPS) is 20.4. The third-order valence-electron chi connectivity index (χ3n) is 4.94. The minimum atomic E-state index is -1.00. The molecule has 1 fully saturated rings. The molecular formula is C18H30N4O4Si2. The Labute approximate surface area is 172 Å². The summed E-state index contributed by atoms with van der Waals surface area (Å²) in [6, 6.07) is 1.72. The lowest BCUT2D eigenvalue weighted by Crippen LogP contribution is -2.52. The van der Waals surface area contributed by atoms with E-state index >= 15 is 0 Å². The van der Waals surface area contributed by atoms with Crippen LogP contribution in [-0.2, 0) is 8.85 Å². The van der Waals surface area contributed by atoms with Crippen molar-refractivity contribution in [3.63, 3.8) is 0 Å². The van der Waals surface area contributed by atoms with Crippen molar-refractivity contribution in [1.82, 2.24) is 10.3 Å². The van der Waals surface area contributed by atoms with Crippen LogP contribution in [0, 0.1) is 11.3 Å². The molecule has 4 N–H and O–H groups in total. The Morgan fingerprint density at radius 1 is 1.43 bits per heavy atom. The largest absolute Gasteiger partial charge is 0.465 e. The maximum Gasteiger partial charge on any atom is 0.404 e. The topological polar surface area (TPSA) is 110 Å². The summed E-state index contributed by atoms with van der Waals surface area (Å²) in [6.45, 7) is 9.67. The van der Waals surface area contributed by atoms with Gasteiger partial charge >= 0.3 is 6.09 Å². The number of hydrogen-bond donors (Lipinski definition) is 3. The zero-order valence-corrected chi connectivity index (χ0v) is 18.9. The Kier molecular flexibility index (Phi) is 8.28. The Bertz CT molecular complexity index is 644. The molecule has 0 spiro atoms. The first-order valence-electron chi connectivity index (χ1n) is 9.35. The van der Waals surface area contributed by atoms with Crippen molar-refractivity contribution >= 4 is 37.0 Å². The maximum absolute atomic E-state index is 11.2. The molecule has 1 saturated heterocycles. The van der Waals surface area contributed by atoms with Crippen LogP contribution in [0.3, 0.4) is 0 Å². The molecule has 0 aromatic carbocycles. The fourth-order valence-corrected chi connectivity index (χ4v) is 5.17. The molecule has 0 saturated carbocycles. The van der Waals surface area contributed by atoms with Gasteiger partial charge in [0.05, 0.1) is 17.6 Å². The number of hydrogen-bond acceptors (Lipinski definition) is 6. The van der Waals surface area contributed by atoms with E-state index in [4.69, 9.17) is 14.6 Å². The third kappa shape index (κ3) is 6.19. The van der Waals surface area contributed by atoms with Crippen LogP contribution in [0.5, 0.6) is 0 Å². The molecule has 2 atom stereocenters. The van der Waals surface area contributed by atoms with E-state index in [9.17, 15) is 9.90 Å². The van der Waals surface area contributed by atoms with Crippen molar-refractivity contribution in [2.45, 2.75) is 52.1 Å². The van der Waals surface area contributed by atoms with Crippen molar-refractivity contribution in [2.24, 2.45) is 11.3 Å². The summed E-state index contributed by atoms with van der Waals surface area (Å²) in [5.41, 5.74) is 7.41. The third-order valence-corrected chi connectivity index (χ3v) is 5.84. The summed E-state index contributed by atoms with van der Waals surface area (Å²) < 4.78 is 11.7. The number of pyridine rings is 1. The number of amides is 1. The van der Waals surface area contributed by atoms with Gasteiger partial charge in [0.2, 0.25) is 19.5 Å². The molecule has 1 aliphatic rings. The first-order chi connectivity index (χ1) is 13.3. The molecule has 2 rings (SSSR count). The van der Waals surface area contributed by atoms with Gasteiger partial charge < -0.3 is 29.9 Å². The number of nitrogens with two attached hydrogens (primary N) is 1. The van der Waals surface area contributed by atoms with Crippen LogP contribution in [-0.4, -0.2) is 61.1 Å². The highest BCUT2D eigenvalue weighted by atomic mass is 28.2. The fourth-order valence-electron chi connectivity index (χ4n) is 3.91. The van der Waals surface area contributed by atoms with Crippen molar-refractivity contribution in [3.8, 4) is 0 Å². The average Bonchev–Trinajstić information content (AvgIpc) is 2.60. The van der Waals surface area contributed by atoms with Gasteiger partial charge in [-0.25, -0.2) is 4.79 Å². The van der Waals surface area contributed by atoms with Gasteiger partial charge in [-0.2, -0.15) is 0 Å². The minimum absolute atomic E-state index is 0.166. The first-order valence-corrected chi connectivity index (χ1v) is 12.2. The molecule has 8 nitrogen and oxygen atoms in total. The number of nitrogens with zero attached hydrogens (tertiary/aromatic N) is 2. The van der Waals surface area contributed by atoms with E-state index in [2.05, 4.69) is 29.0 Å². The second-order valence-electron chi connectivity index (χ2n) is 7.76. The maximum atomic E-state index is 11.2. The molecule has 10 heteroatoms. The lowest BCUT2D eigenvalue weighted by Gasteiger charge is -2.43. The van der Waals surface area contributed by atoms with Crippen LogP contribution in [0.25, 0.3) is 0 Å². The van der Waals surface area contributed by atoms with Gasteiger partial charge in [-0.05, 0) is 37.9 Å². The van der Waals surface area contributed by atoms with Gasteiger partial charge in [0, 0.05) is 30.7 Å². The van der Waals surface area contributed by atoms with E-state index in [-0.39, 0.29) is 23.7 Å². The molecule has 0 bridgehead atoms. The number of anilines is 2. The molecule has 1 aliphatic heterocycles. The van der Waals surface area contributed by atoms with Gasteiger partial charge in [-0.3, -0.25) is 4.98 Å².